The van der Waals surface area contributed by atoms with E-state index in [9.17, 15) is 4.39 Å². The number of nitrogens with two attached hydrogens (primary N) is 1. The molecular weight excluding hydrogens is 267 g/mol. The van der Waals surface area contributed by atoms with Gasteiger partial charge in [-0.25, -0.2) is 4.39 Å². The second-order valence-electron chi connectivity index (χ2n) is 4.98. The molecule has 2 aromatic heterocycles. The van der Waals surface area contributed by atoms with E-state index in [4.69, 9.17) is 5.73 Å². The molecule has 21 heavy (non-hydrogen) atoms. The summed E-state index contributed by atoms with van der Waals surface area (Å²) >= 11 is 0. The Morgan fingerprint density at radius 2 is 1.90 bits per heavy atom. The van der Waals surface area contributed by atoms with Crippen molar-refractivity contribution in [1.29, 1.82) is 0 Å². The number of aromatic nitrogens is 3. The van der Waals surface area contributed by atoms with Gasteiger partial charge in [-0.3, -0.25) is 9.67 Å². The Morgan fingerprint density at radius 1 is 1.14 bits per heavy atom. The molecule has 0 radical (unpaired) electrons. The molecule has 0 aliphatic heterocycles. The second kappa shape index (κ2) is 5.36. The zero-order valence-electron chi connectivity index (χ0n) is 11.6. The molecule has 0 spiro atoms. The van der Waals surface area contributed by atoms with Crippen molar-refractivity contribution in [1.82, 2.24) is 14.8 Å². The summed E-state index contributed by atoms with van der Waals surface area (Å²) in [4.78, 5) is 4.01. The van der Waals surface area contributed by atoms with Crippen LogP contribution in [-0.4, -0.2) is 14.8 Å². The van der Waals surface area contributed by atoms with Crippen molar-refractivity contribution in [3.05, 3.63) is 65.7 Å². The minimum Gasteiger partial charge on any atom is -0.396 e. The van der Waals surface area contributed by atoms with Crippen LogP contribution in [0.3, 0.4) is 0 Å². The van der Waals surface area contributed by atoms with E-state index in [2.05, 4.69) is 34.3 Å². The van der Waals surface area contributed by atoms with Crippen LogP contribution in [0.4, 0.5) is 10.1 Å². The van der Waals surface area contributed by atoms with Gasteiger partial charge in [0.05, 0.1) is 24.1 Å². The second-order valence-corrected chi connectivity index (χ2v) is 4.98. The lowest BCUT2D eigenvalue weighted by Crippen LogP contribution is -2.00. The van der Waals surface area contributed by atoms with E-state index in [1.807, 2.05) is 6.92 Å². The quantitative estimate of drug-likeness (QED) is 0.803. The first kappa shape index (κ1) is 13.3. The van der Waals surface area contributed by atoms with Gasteiger partial charge in [-0.05, 0) is 24.6 Å². The molecule has 0 atom stereocenters. The molecule has 5 heteroatoms. The minimum absolute atomic E-state index is 0.378. The number of aryl methyl sites for hydroxylation is 1. The molecule has 0 unspecified atom stereocenters. The van der Waals surface area contributed by atoms with Gasteiger partial charge in [-0.1, -0.05) is 29.8 Å². The molecule has 2 heterocycles. The summed E-state index contributed by atoms with van der Waals surface area (Å²) in [5.74, 6) is -0.378. The molecule has 0 fully saturated rings. The first-order chi connectivity index (χ1) is 10.1. The summed E-state index contributed by atoms with van der Waals surface area (Å²) in [5, 5.41) is 4.43. The Kier molecular flexibility index (Phi) is 3.39. The highest BCUT2D eigenvalue weighted by atomic mass is 19.1. The highest BCUT2D eigenvalue weighted by Gasteiger charge is 2.10. The van der Waals surface area contributed by atoms with Crippen molar-refractivity contribution in [3.63, 3.8) is 0 Å². The Bertz CT molecular complexity index is 745. The van der Waals surface area contributed by atoms with Gasteiger partial charge in [0, 0.05) is 6.20 Å². The Balaban J connectivity index is 1.87. The largest absolute Gasteiger partial charge is 0.396 e. The van der Waals surface area contributed by atoms with Crippen LogP contribution in [-0.2, 0) is 6.54 Å². The van der Waals surface area contributed by atoms with Crippen LogP contribution in [0.1, 0.15) is 11.1 Å². The van der Waals surface area contributed by atoms with E-state index in [-0.39, 0.29) is 5.82 Å². The summed E-state index contributed by atoms with van der Waals surface area (Å²) < 4.78 is 14.7. The zero-order valence-corrected chi connectivity index (χ0v) is 11.6. The van der Waals surface area contributed by atoms with Crippen LogP contribution in [0, 0.1) is 12.7 Å². The van der Waals surface area contributed by atoms with Crippen LogP contribution in [0.5, 0.6) is 0 Å². The van der Waals surface area contributed by atoms with E-state index in [1.165, 1.54) is 11.6 Å². The number of anilines is 1. The average Bonchev–Trinajstić information content (AvgIpc) is 2.83. The molecule has 0 saturated heterocycles. The van der Waals surface area contributed by atoms with Crippen LogP contribution in [0.2, 0.25) is 0 Å². The van der Waals surface area contributed by atoms with Crippen LogP contribution in [0.15, 0.2) is 48.8 Å². The third-order valence-electron chi connectivity index (χ3n) is 3.23. The molecule has 2 N–H and O–H groups in total. The van der Waals surface area contributed by atoms with Crippen LogP contribution < -0.4 is 5.73 Å². The van der Waals surface area contributed by atoms with Crippen molar-refractivity contribution in [2.24, 2.45) is 0 Å². The number of pyridine rings is 1. The zero-order chi connectivity index (χ0) is 14.8. The summed E-state index contributed by atoms with van der Waals surface area (Å²) in [6.45, 7) is 2.68. The molecule has 0 aliphatic rings. The molecule has 0 amide bonds. The Hall–Kier alpha value is -2.69. The minimum atomic E-state index is -0.378. The molecule has 0 saturated carbocycles. The van der Waals surface area contributed by atoms with Crippen LogP contribution in [0.25, 0.3) is 11.4 Å². The number of nitrogens with zero attached hydrogens (tertiary/aromatic N) is 3. The SMILES string of the molecule is Cc1ccc(Cn2cc(N)c(-c3ccc(F)cn3)n2)cc1. The predicted octanol–water partition coefficient (Wildman–Crippen LogP) is 3.02. The lowest BCUT2D eigenvalue weighted by molar-refractivity contribution is 0.621. The topological polar surface area (TPSA) is 56.7 Å². The van der Waals surface area contributed by atoms with Crippen molar-refractivity contribution < 1.29 is 4.39 Å². The summed E-state index contributed by atoms with van der Waals surface area (Å²) in [6, 6.07) is 11.2. The summed E-state index contributed by atoms with van der Waals surface area (Å²) in [5.41, 5.74) is 10.00. The molecule has 3 aromatic rings. The van der Waals surface area contributed by atoms with Gasteiger partial charge in [0.2, 0.25) is 0 Å². The maximum atomic E-state index is 12.9. The third kappa shape index (κ3) is 2.91. The number of rotatable bonds is 3. The molecule has 0 aliphatic carbocycles. The van der Waals surface area contributed by atoms with E-state index < -0.39 is 0 Å². The Labute approximate surface area is 122 Å². The van der Waals surface area contributed by atoms with E-state index in [0.29, 0.717) is 23.6 Å². The third-order valence-corrected chi connectivity index (χ3v) is 3.23. The molecule has 3 rings (SSSR count). The van der Waals surface area contributed by atoms with Gasteiger partial charge < -0.3 is 5.73 Å². The molecule has 4 nitrogen and oxygen atoms in total. The van der Waals surface area contributed by atoms with Crippen molar-refractivity contribution in [3.8, 4) is 11.4 Å². The summed E-state index contributed by atoms with van der Waals surface area (Å²) in [6.07, 6.45) is 2.92. The van der Waals surface area contributed by atoms with Gasteiger partial charge in [0.25, 0.3) is 0 Å². The standard InChI is InChI=1S/C16H15FN4/c1-11-2-4-12(5-3-11)9-21-10-14(18)16(20-21)15-7-6-13(17)8-19-15/h2-8,10H,9,18H2,1H3. The van der Waals surface area contributed by atoms with Gasteiger partial charge in [-0.2, -0.15) is 5.10 Å². The van der Waals surface area contributed by atoms with Gasteiger partial charge in [-0.15, -0.1) is 0 Å². The van der Waals surface area contributed by atoms with Gasteiger partial charge >= 0.3 is 0 Å². The summed E-state index contributed by atoms with van der Waals surface area (Å²) in [7, 11) is 0. The van der Waals surface area contributed by atoms with Crippen molar-refractivity contribution in [2.75, 3.05) is 5.73 Å². The van der Waals surface area contributed by atoms with E-state index >= 15 is 0 Å². The van der Waals surface area contributed by atoms with E-state index in [0.717, 1.165) is 11.8 Å². The fraction of sp³-hybridized carbons (Fsp3) is 0.125. The van der Waals surface area contributed by atoms with Crippen molar-refractivity contribution >= 4 is 5.69 Å². The number of hydrogen-bond acceptors (Lipinski definition) is 3. The normalized spacial score (nSPS) is 10.8. The first-order valence-corrected chi connectivity index (χ1v) is 6.62. The van der Waals surface area contributed by atoms with E-state index in [1.54, 1.807) is 16.9 Å². The number of nitrogen functional groups attached to an aromatic ring is 1. The lowest BCUT2D eigenvalue weighted by atomic mass is 10.1. The molecular formula is C16H15FN4. The highest BCUT2D eigenvalue weighted by Crippen LogP contribution is 2.22. The fourth-order valence-electron chi connectivity index (χ4n) is 2.11. The van der Waals surface area contributed by atoms with Crippen molar-refractivity contribution in [2.45, 2.75) is 13.5 Å². The van der Waals surface area contributed by atoms with Crippen LogP contribution >= 0.6 is 0 Å². The predicted molar refractivity (Wildman–Crippen MR) is 80.1 cm³/mol. The Morgan fingerprint density at radius 3 is 2.57 bits per heavy atom. The number of hydrogen-bond donors (Lipinski definition) is 1. The molecule has 1 aromatic carbocycles. The maximum Gasteiger partial charge on any atom is 0.141 e. The number of halogens is 1. The number of benzene rings is 1. The smallest absolute Gasteiger partial charge is 0.141 e. The molecule has 106 valence electrons. The monoisotopic (exact) mass is 282 g/mol. The highest BCUT2D eigenvalue weighted by molar-refractivity contribution is 5.68. The first-order valence-electron chi connectivity index (χ1n) is 6.62. The maximum absolute atomic E-state index is 12.9. The average molecular weight is 282 g/mol. The van der Waals surface area contributed by atoms with Gasteiger partial charge in [0.1, 0.15) is 11.5 Å². The fourth-order valence-corrected chi connectivity index (χ4v) is 2.11. The lowest BCUT2D eigenvalue weighted by Gasteiger charge is -2.02. The molecule has 0 bridgehead atoms. The van der Waals surface area contributed by atoms with Gasteiger partial charge in [0.15, 0.2) is 0 Å².